The SMILES string of the molecule is CC(C)C(NC(=O)c1ccc(Cl)cc1)C(=O)NC(CC(F)(F)F)C(=O)O. The fraction of sp³-hybridized carbons (Fsp3) is 0.438. The third kappa shape index (κ3) is 6.91. The van der Waals surface area contributed by atoms with Gasteiger partial charge in [-0.25, -0.2) is 4.79 Å². The predicted octanol–water partition coefficient (Wildman–Crippen LogP) is 2.62. The van der Waals surface area contributed by atoms with E-state index in [2.05, 4.69) is 5.32 Å². The summed E-state index contributed by atoms with van der Waals surface area (Å²) in [4.78, 5) is 35.4. The molecule has 2 atom stereocenters. The summed E-state index contributed by atoms with van der Waals surface area (Å²) in [5.41, 5.74) is 0.193. The minimum absolute atomic E-state index is 0.193. The quantitative estimate of drug-likeness (QED) is 0.662. The first-order valence-electron chi connectivity index (χ1n) is 7.57. The third-order valence-electron chi connectivity index (χ3n) is 3.39. The van der Waals surface area contributed by atoms with E-state index in [-0.39, 0.29) is 5.56 Å². The summed E-state index contributed by atoms with van der Waals surface area (Å²) < 4.78 is 37.3. The molecule has 0 heterocycles. The maximum atomic E-state index is 12.4. The fourth-order valence-corrected chi connectivity index (χ4v) is 2.18. The van der Waals surface area contributed by atoms with Gasteiger partial charge in [0.1, 0.15) is 12.1 Å². The average Bonchev–Trinajstić information content (AvgIpc) is 2.50. The van der Waals surface area contributed by atoms with Crippen molar-refractivity contribution >= 4 is 29.4 Å². The number of hydrogen-bond donors (Lipinski definition) is 3. The summed E-state index contributed by atoms with van der Waals surface area (Å²) >= 11 is 5.72. The zero-order valence-corrected chi connectivity index (χ0v) is 14.7. The van der Waals surface area contributed by atoms with Gasteiger partial charge >= 0.3 is 12.1 Å². The van der Waals surface area contributed by atoms with E-state index < -0.39 is 48.4 Å². The highest BCUT2D eigenvalue weighted by atomic mass is 35.5. The molecule has 2 unspecified atom stereocenters. The number of halogens is 4. The van der Waals surface area contributed by atoms with Gasteiger partial charge in [-0.2, -0.15) is 13.2 Å². The highest BCUT2D eigenvalue weighted by Gasteiger charge is 2.37. The van der Waals surface area contributed by atoms with Gasteiger partial charge in [-0.1, -0.05) is 25.4 Å². The van der Waals surface area contributed by atoms with E-state index in [9.17, 15) is 27.6 Å². The molecule has 1 aromatic carbocycles. The molecule has 0 aliphatic carbocycles. The Kier molecular flexibility index (Phi) is 7.43. The highest BCUT2D eigenvalue weighted by Crippen LogP contribution is 2.22. The number of nitrogens with one attached hydrogen (secondary N) is 2. The lowest BCUT2D eigenvalue weighted by atomic mass is 10.0. The Bertz CT molecular complexity index is 662. The lowest BCUT2D eigenvalue weighted by molar-refractivity contribution is -0.160. The second-order valence-corrected chi connectivity index (χ2v) is 6.36. The van der Waals surface area contributed by atoms with Gasteiger partial charge in [-0.05, 0) is 30.2 Å². The van der Waals surface area contributed by atoms with Crippen molar-refractivity contribution in [2.24, 2.45) is 5.92 Å². The number of rotatable bonds is 7. The molecule has 0 spiro atoms. The molecule has 6 nitrogen and oxygen atoms in total. The van der Waals surface area contributed by atoms with Crippen LogP contribution in [0.2, 0.25) is 5.02 Å². The Morgan fingerprint density at radius 3 is 2.08 bits per heavy atom. The van der Waals surface area contributed by atoms with Crippen LogP contribution in [0.1, 0.15) is 30.6 Å². The second-order valence-electron chi connectivity index (χ2n) is 5.92. The molecule has 1 aromatic rings. The molecule has 0 aromatic heterocycles. The van der Waals surface area contributed by atoms with Gasteiger partial charge in [-0.3, -0.25) is 9.59 Å². The van der Waals surface area contributed by atoms with Crippen LogP contribution >= 0.6 is 11.6 Å². The maximum absolute atomic E-state index is 12.4. The molecule has 144 valence electrons. The van der Waals surface area contributed by atoms with E-state index in [1.807, 2.05) is 5.32 Å². The molecule has 0 aliphatic rings. The second kappa shape index (κ2) is 8.88. The maximum Gasteiger partial charge on any atom is 0.391 e. The van der Waals surface area contributed by atoms with E-state index in [1.54, 1.807) is 13.8 Å². The summed E-state index contributed by atoms with van der Waals surface area (Å²) in [6.07, 6.45) is -6.49. The van der Waals surface area contributed by atoms with Gasteiger partial charge in [-0.15, -0.1) is 0 Å². The van der Waals surface area contributed by atoms with Crippen LogP contribution in [0.5, 0.6) is 0 Å². The van der Waals surface area contributed by atoms with E-state index in [1.165, 1.54) is 24.3 Å². The van der Waals surface area contributed by atoms with Crippen molar-refractivity contribution < 1.29 is 32.7 Å². The van der Waals surface area contributed by atoms with E-state index in [0.29, 0.717) is 5.02 Å². The highest BCUT2D eigenvalue weighted by molar-refractivity contribution is 6.30. The number of alkyl halides is 3. The van der Waals surface area contributed by atoms with Crippen molar-refractivity contribution in [1.29, 1.82) is 0 Å². The van der Waals surface area contributed by atoms with Crippen LogP contribution in [0.4, 0.5) is 13.2 Å². The Morgan fingerprint density at radius 2 is 1.65 bits per heavy atom. The van der Waals surface area contributed by atoms with Crippen LogP contribution < -0.4 is 10.6 Å². The summed E-state index contributed by atoms with van der Waals surface area (Å²) in [6, 6.07) is 2.40. The molecule has 0 radical (unpaired) electrons. The standard InChI is InChI=1S/C16H18ClF3N2O4/c1-8(2)12(22-13(23)9-3-5-10(17)6-4-9)14(24)21-11(15(25)26)7-16(18,19)20/h3-6,8,11-12H,7H2,1-2H3,(H,21,24)(H,22,23)(H,25,26). The summed E-state index contributed by atoms with van der Waals surface area (Å²) in [7, 11) is 0. The van der Waals surface area contributed by atoms with Crippen molar-refractivity contribution in [2.45, 2.75) is 38.5 Å². The van der Waals surface area contributed by atoms with Gasteiger partial charge in [0, 0.05) is 10.6 Å². The van der Waals surface area contributed by atoms with Crippen LogP contribution in [0, 0.1) is 5.92 Å². The van der Waals surface area contributed by atoms with Crippen molar-refractivity contribution in [1.82, 2.24) is 10.6 Å². The van der Waals surface area contributed by atoms with Crippen LogP contribution in [0.3, 0.4) is 0 Å². The van der Waals surface area contributed by atoms with Gasteiger partial charge in [0.05, 0.1) is 6.42 Å². The third-order valence-corrected chi connectivity index (χ3v) is 3.64. The Labute approximate surface area is 152 Å². The van der Waals surface area contributed by atoms with Gasteiger partial charge in [0.25, 0.3) is 5.91 Å². The molecule has 10 heteroatoms. The molecule has 0 saturated carbocycles. The minimum atomic E-state index is -4.77. The molecule has 0 bridgehead atoms. The first-order valence-corrected chi connectivity index (χ1v) is 7.95. The van der Waals surface area contributed by atoms with Crippen LogP contribution in [-0.4, -0.2) is 41.2 Å². The monoisotopic (exact) mass is 394 g/mol. The molecular weight excluding hydrogens is 377 g/mol. The lowest BCUT2D eigenvalue weighted by Crippen LogP contribution is -2.54. The first-order chi connectivity index (χ1) is 11.9. The molecule has 1 rings (SSSR count). The largest absolute Gasteiger partial charge is 0.480 e. The van der Waals surface area contributed by atoms with Crippen LogP contribution in [0.15, 0.2) is 24.3 Å². The Hall–Kier alpha value is -2.29. The predicted molar refractivity (Wildman–Crippen MR) is 87.8 cm³/mol. The average molecular weight is 395 g/mol. The smallest absolute Gasteiger partial charge is 0.391 e. The minimum Gasteiger partial charge on any atom is -0.480 e. The van der Waals surface area contributed by atoms with E-state index >= 15 is 0 Å². The molecule has 0 aliphatic heterocycles. The molecule has 26 heavy (non-hydrogen) atoms. The Balaban J connectivity index is 2.87. The van der Waals surface area contributed by atoms with E-state index in [0.717, 1.165) is 0 Å². The summed E-state index contributed by atoms with van der Waals surface area (Å²) in [6.45, 7) is 3.12. The number of hydrogen-bond acceptors (Lipinski definition) is 3. The van der Waals surface area contributed by atoms with Crippen LogP contribution in [0.25, 0.3) is 0 Å². The lowest BCUT2D eigenvalue weighted by Gasteiger charge is -2.24. The number of aliphatic carboxylic acids is 1. The van der Waals surface area contributed by atoms with Crippen molar-refractivity contribution in [3.05, 3.63) is 34.9 Å². The van der Waals surface area contributed by atoms with Gasteiger partial charge in [0.15, 0.2) is 0 Å². The van der Waals surface area contributed by atoms with Crippen LogP contribution in [-0.2, 0) is 9.59 Å². The zero-order chi connectivity index (χ0) is 20.1. The first kappa shape index (κ1) is 21.8. The topological polar surface area (TPSA) is 95.5 Å². The zero-order valence-electron chi connectivity index (χ0n) is 13.9. The molecule has 2 amide bonds. The normalized spacial score (nSPS) is 13.8. The van der Waals surface area contributed by atoms with E-state index in [4.69, 9.17) is 16.7 Å². The number of carboxylic acid groups (broad SMARTS) is 1. The number of carbonyl (C=O) groups is 3. The fourth-order valence-electron chi connectivity index (χ4n) is 2.05. The number of amides is 2. The van der Waals surface area contributed by atoms with Crippen molar-refractivity contribution in [2.75, 3.05) is 0 Å². The molecule has 0 fully saturated rings. The summed E-state index contributed by atoms with van der Waals surface area (Å²) in [5, 5.41) is 13.5. The van der Waals surface area contributed by atoms with Gasteiger partial charge < -0.3 is 15.7 Å². The molecule has 3 N–H and O–H groups in total. The number of carboxylic acids is 1. The Morgan fingerprint density at radius 1 is 1.12 bits per heavy atom. The summed E-state index contributed by atoms with van der Waals surface area (Å²) in [5.74, 6) is -3.97. The number of benzene rings is 1. The van der Waals surface area contributed by atoms with Crippen molar-refractivity contribution in [3.8, 4) is 0 Å². The van der Waals surface area contributed by atoms with Gasteiger partial charge in [0.2, 0.25) is 5.91 Å². The molecule has 0 saturated heterocycles. The molecular formula is C16H18ClF3N2O4. The van der Waals surface area contributed by atoms with Crippen molar-refractivity contribution in [3.63, 3.8) is 0 Å². The number of carbonyl (C=O) groups excluding carboxylic acids is 2.